The van der Waals surface area contributed by atoms with Gasteiger partial charge in [-0.05, 0) is 31.9 Å². The molecule has 7 nitrogen and oxygen atoms in total. The van der Waals surface area contributed by atoms with Crippen molar-refractivity contribution in [3.8, 4) is 11.5 Å². The maximum atomic E-state index is 12.9. The van der Waals surface area contributed by atoms with E-state index in [1.807, 2.05) is 0 Å². The van der Waals surface area contributed by atoms with Gasteiger partial charge in [-0.15, -0.1) is 0 Å². The van der Waals surface area contributed by atoms with Crippen LogP contribution in [0.4, 0.5) is 0 Å². The van der Waals surface area contributed by atoms with Crippen LogP contribution in [0.2, 0.25) is 0 Å². The minimum Gasteiger partial charge on any atom is -0.493 e. The number of piperidine rings is 1. The number of hydrogen-bond donors (Lipinski definition) is 0. The Morgan fingerprint density at radius 3 is 2.58 bits per heavy atom. The Balaban J connectivity index is 2.25. The second-order valence-electron chi connectivity index (χ2n) is 5.47. The van der Waals surface area contributed by atoms with Gasteiger partial charge in [0.1, 0.15) is 0 Å². The molecule has 1 aromatic rings. The maximum absolute atomic E-state index is 12.9. The molecule has 0 N–H and O–H groups in total. The van der Waals surface area contributed by atoms with Gasteiger partial charge in [0.15, 0.2) is 11.5 Å². The lowest BCUT2D eigenvalue weighted by atomic mass is 10.0. The summed E-state index contributed by atoms with van der Waals surface area (Å²) in [7, 11) is -0.774. The average Bonchev–Trinajstić information content (AvgIpc) is 2.61. The third kappa shape index (κ3) is 3.81. The minimum atomic E-state index is -3.71. The number of carbonyl (C=O) groups is 1. The van der Waals surface area contributed by atoms with Gasteiger partial charge in [0.25, 0.3) is 0 Å². The lowest BCUT2D eigenvalue weighted by Gasteiger charge is -2.30. The molecule has 1 atom stereocenters. The van der Waals surface area contributed by atoms with Crippen LogP contribution >= 0.6 is 0 Å². The van der Waals surface area contributed by atoms with E-state index in [-0.39, 0.29) is 24.0 Å². The van der Waals surface area contributed by atoms with E-state index in [9.17, 15) is 13.2 Å². The molecule has 24 heavy (non-hydrogen) atoms. The molecule has 0 amide bonds. The average molecular weight is 357 g/mol. The second kappa shape index (κ2) is 7.85. The molecule has 1 aromatic carbocycles. The van der Waals surface area contributed by atoms with Crippen LogP contribution in [-0.4, -0.2) is 52.6 Å². The summed E-state index contributed by atoms with van der Waals surface area (Å²) in [5.41, 5.74) is 0. The van der Waals surface area contributed by atoms with Crippen LogP contribution in [0.15, 0.2) is 23.1 Å². The lowest BCUT2D eigenvalue weighted by molar-refractivity contribution is -0.149. The highest BCUT2D eigenvalue weighted by Crippen LogP contribution is 2.32. The zero-order valence-corrected chi connectivity index (χ0v) is 15.0. The van der Waals surface area contributed by atoms with E-state index in [0.29, 0.717) is 30.9 Å². The number of nitrogens with zero attached hydrogens (tertiary/aromatic N) is 1. The third-order valence-electron chi connectivity index (χ3n) is 4.00. The minimum absolute atomic E-state index is 0.115. The summed E-state index contributed by atoms with van der Waals surface area (Å²) in [5.74, 6) is 0.0374. The first-order chi connectivity index (χ1) is 11.4. The van der Waals surface area contributed by atoms with Crippen molar-refractivity contribution in [3.05, 3.63) is 18.2 Å². The van der Waals surface area contributed by atoms with Crippen LogP contribution in [0.3, 0.4) is 0 Å². The van der Waals surface area contributed by atoms with Crippen LogP contribution in [0.1, 0.15) is 19.8 Å². The molecule has 0 aliphatic carbocycles. The number of benzene rings is 1. The molecule has 1 heterocycles. The Bertz CT molecular complexity index is 688. The van der Waals surface area contributed by atoms with Crippen molar-refractivity contribution >= 4 is 16.0 Å². The molecular formula is C16H23NO6S. The van der Waals surface area contributed by atoms with Gasteiger partial charge in [-0.25, -0.2) is 8.42 Å². The molecule has 2 rings (SSSR count). The molecule has 0 bridgehead atoms. The fourth-order valence-electron chi connectivity index (χ4n) is 2.74. The fraction of sp³-hybridized carbons (Fsp3) is 0.562. The summed E-state index contributed by atoms with van der Waals surface area (Å²) in [6.45, 7) is 2.54. The monoisotopic (exact) mass is 357 g/mol. The predicted octanol–water partition coefficient (Wildman–Crippen LogP) is 1.67. The summed E-state index contributed by atoms with van der Waals surface area (Å²) in [6.07, 6.45) is 1.26. The Labute approximate surface area is 142 Å². The molecule has 1 fully saturated rings. The van der Waals surface area contributed by atoms with E-state index in [2.05, 4.69) is 0 Å². The number of hydrogen-bond acceptors (Lipinski definition) is 6. The Hall–Kier alpha value is -1.80. The summed E-state index contributed by atoms with van der Waals surface area (Å²) < 4.78 is 42.4. The highest BCUT2D eigenvalue weighted by molar-refractivity contribution is 7.89. The summed E-state index contributed by atoms with van der Waals surface area (Å²) in [6, 6.07) is 4.46. The van der Waals surface area contributed by atoms with Gasteiger partial charge in [-0.2, -0.15) is 4.31 Å². The van der Waals surface area contributed by atoms with Crippen molar-refractivity contribution in [3.63, 3.8) is 0 Å². The number of rotatable bonds is 6. The van der Waals surface area contributed by atoms with Gasteiger partial charge in [-0.3, -0.25) is 4.79 Å². The third-order valence-corrected chi connectivity index (χ3v) is 5.86. The predicted molar refractivity (Wildman–Crippen MR) is 87.7 cm³/mol. The molecule has 0 unspecified atom stereocenters. The van der Waals surface area contributed by atoms with Gasteiger partial charge in [0.05, 0.1) is 31.6 Å². The molecule has 0 aromatic heterocycles. The molecule has 0 spiro atoms. The molecule has 134 valence electrons. The van der Waals surface area contributed by atoms with Gasteiger partial charge < -0.3 is 14.2 Å². The molecule has 1 aliphatic rings. The number of carbonyl (C=O) groups excluding carboxylic acids is 1. The smallest absolute Gasteiger partial charge is 0.310 e. The highest BCUT2D eigenvalue weighted by atomic mass is 32.2. The van der Waals surface area contributed by atoms with Gasteiger partial charge in [0, 0.05) is 19.2 Å². The molecule has 8 heteroatoms. The lowest BCUT2D eigenvalue weighted by Crippen LogP contribution is -2.42. The molecule has 1 aliphatic heterocycles. The quantitative estimate of drug-likeness (QED) is 0.720. The van der Waals surface area contributed by atoms with Crippen LogP contribution in [0.5, 0.6) is 11.5 Å². The van der Waals surface area contributed by atoms with Crippen molar-refractivity contribution < 1.29 is 27.4 Å². The first-order valence-corrected chi connectivity index (χ1v) is 9.26. The van der Waals surface area contributed by atoms with Crippen LogP contribution in [0, 0.1) is 5.92 Å². The summed E-state index contributed by atoms with van der Waals surface area (Å²) >= 11 is 0. The molecule has 0 saturated carbocycles. The van der Waals surface area contributed by atoms with E-state index >= 15 is 0 Å². The number of sulfonamides is 1. The van der Waals surface area contributed by atoms with Crippen molar-refractivity contribution in [2.45, 2.75) is 24.7 Å². The SMILES string of the molecule is CCOC(=O)[C@@H]1CCCN(S(=O)(=O)c2ccc(OC)c(OC)c2)C1. The topological polar surface area (TPSA) is 82.1 Å². The second-order valence-corrected chi connectivity index (χ2v) is 7.41. The van der Waals surface area contributed by atoms with Crippen LogP contribution in [0.25, 0.3) is 0 Å². The number of ether oxygens (including phenoxy) is 3. The first kappa shape index (κ1) is 18.5. The van der Waals surface area contributed by atoms with Crippen molar-refractivity contribution in [1.29, 1.82) is 0 Å². The Kier molecular flexibility index (Phi) is 6.06. The molecule has 1 saturated heterocycles. The van der Waals surface area contributed by atoms with Gasteiger partial charge in [-0.1, -0.05) is 0 Å². The van der Waals surface area contributed by atoms with E-state index < -0.39 is 15.9 Å². The highest BCUT2D eigenvalue weighted by Gasteiger charge is 2.34. The zero-order chi connectivity index (χ0) is 17.7. The molecular weight excluding hydrogens is 334 g/mol. The Morgan fingerprint density at radius 1 is 1.25 bits per heavy atom. The zero-order valence-electron chi connectivity index (χ0n) is 14.1. The summed E-state index contributed by atoms with van der Waals surface area (Å²) in [4.78, 5) is 12.0. The van der Waals surface area contributed by atoms with E-state index in [1.165, 1.54) is 30.7 Å². The van der Waals surface area contributed by atoms with Gasteiger partial charge >= 0.3 is 5.97 Å². The van der Waals surface area contributed by atoms with E-state index in [0.717, 1.165) is 0 Å². The standard InChI is InChI=1S/C16H23NO6S/c1-4-23-16(18)12-6-5-9-17(11-12)24(19,20)13-7-8-14(21-2)15(10-13)22-3/h7-8,10,12H,4-6,9,11H2,1-3H3/t12-/m1/s1. The first-order valence-electron chi connectivity index (χ1n) is 7.82. The molecule has 0 radical (unpaired) electrons. The van der Waals surface area contributed by atoms with Crippen LogP contribution < -0.4 is 9.47 Å². The largest absolute Gasteiger partial charge is 0.493 e. The normalized spacial score (nSPS) is 18.9. The van der Waals surface area contributed by atoms with Crippen molar-refractivity contribution in [2.24, 2.45) is 5.92 Å². The maximum Gasteiger partial charge on any atom is 0.310 e. The van der Waals surface area contributed by atoms with E-state index in [1.54, 1.807) is 13.0 Å². The van der Waals surface area contributed by atoms with Crippen LogP contribution in [-0.2, 0) is 19.6 Å². The summed E-state index contributed by atoms with van der Waals surface area (Å²) in [5, 5.41) is 0. The van der Waals surface area contributed by atoms with Crippen molar-refractivity contribution in [1.82, 2.24) is 4.31 Å². The fourth-order valence-corrected chi connectivity index (χ4v) is 4.28. The number of methoxy groups -OCH3 is 2. The van der Waals surface area contributed by atoms with Crippen molar-refractivity contribution in [2.75, 3.05) is 33.9 Å². The van der Waals surface area contributed by atoms with Gasteiger partial charge in [0.2, 0.25) is 10.0 Å². The number of esters is 1. The van der Waals surface area contributed by atoms with E-state index in [4.69, 9.17) is 14.2 Å². The Morgan fingerprint density at radius 2 is 1.96 bits per heavy atom.